The largest absolute Gasteiger partial charge is 0.370 e. The van der Waals surface area contributed by atoms with Crippen LogP contribution < -0.4 is 10.2 Å². The minimum absolute atomic E-state index is 0.140. The third kappa shape index (κ3) is 4.38. The third-order valence-electron chi connectivity index (χ3n) is 8.54. The summed E-state index contributed by atoms with van der Waals surface area (Å²) < 4.78 is 0. The lowest BCUT2D eigenvalue weighted by atomic mass is 9.71. The average Bonchev–Trinajstić information content (AvgIpc) is 3.18. The highest BCUT2D eigenvalue weighted by Crippen LogP contribution is 2.43. The van der Waals surface area contributed by atoms with Crippen molar-refractivity contribution in [3.63, 3.8) is 0 Å². The summed E-state index contributed by atoms with van der Waals surface area (Å²) in [6.07, 6.45) is 3.11. The first-order valence-corrected chi connectivity index (χ1v) is 13.2. The van der Waals surface area contributed by atoms with Crippen molar-refractivity contribution in [1.29, 1.82) is 0 Å². The fraction of sp³-hybridized carbons (Fsp3) is 0.448. The highest BCUT2D eigenvalue weighted by molar-refractivity contribution is 6.05. The van der Waals surface area contributed by atoms with Gasteiger partial charge in [-0.1, -0.05) is 29.8 Å². The minimum Gasteiger partial charge on any atom is -0.370 e. The molecular weight excluding hydrogens is 468 g/mol. The predicted octanol–water partition coefficient (Wildman–Crippen LogP) is 2.43. The lowest BCUT2D eigenvalue weighted by molar-refractivity contribution is -0.137. The second-order valence-electron chi connectivity index (χ2n) is 11.1. The van der Waals surface area contributed by atoms with Crippen molar-refractivity contribution >= 4 is 29.3 Å². The van der Waals surface area contributed by atoms with E-state index in [-0.39, 0.29) is 35.5 Å². The predicted molar refractivity (Wildman–Crippen MR) is 138 cm³/mol. The number of carbonyl (C=O) groups excluding carboxylic acids is 4. The zero-order valence-electron chi connectivity index (χ0n) is 21.2. The molecule has 0 bridgehead atoms. The molecule has 1 unspecified atom stereocenters. The van der Waals surface area contributed by atoms with Gasteiger partial charge in [-0.3, -0.25) is 24.5 Å². The lowest BCUT2D eigenvalue weighted by Gasteiger charge is -2.55. The van der Waals surface area contributed by atoms with Gasteiger partial charge in [-0.15, -0.1) is 0 Å². The summed E-state index contributed by atoms with van der Waals surface area (Å²) in [4.78, 5) is 55.6. The molecule has 4 heterocycles. The van der Waals surface area contributed by atoms with Crippen LogP contribution in [0.5, 0.6) is 0 Å². The molecule has 1 atom stereocenters. The van der Waals surface area contributed by atoms with Crippen molar-refractivity contribution in [2.45, 2.75) is 51.6 Å². The van der Waals surface area contributed by atoms with Crippen LogP contribution in [0.25, 0.3) is 0 Å². The molecule has 4 aliphatic rings. The molecule has 37 heavy (non-hydrogen) atoms. The van der Waals surface area contributed by atoms with Crippen LogP contribution in [-0.4, -0.2) is 65.6 Å². The second kappa shape index (κ2) is 9.01. The third-order valence-corrected chi connectivity index (χ3v) is 8.54. The second-order valence-corrected chi connectivity index (χ2v) is 11.1. The molecule has 1 spiro atoms. The van der Waals surface area contributed by atoms with Gasteiger partial charge in [0, 0.05) is 55.8 Å². The van der Waals surface area contributed by atoms with Gasteiger partial charge < -0.3 is 14.7 Å². The van der Waals surface area contributed by atoms with Crippen LogP contribution in [0.15, 0.2) is 42.5 Å². The van der Waals surface area contributed by atoms with E-state index in [2.05, 4.69) is 22.3 Å². The Balaban J connectivity index is 1.04. The van der Waals surface area contributed by atoms with Crippen molar-refractivity contribution in [2.24, 2.45) is 5.41 Å². The normalized spacial score (nSPS) is 22.7. The molecule has 2 aromatic rings. The number of anilines is 1. The van der Waals surface area contributed by atoms with E-state index in [9.17, 15) is 19.2 Å². The Morgan fingerprint density at radius 1 is 1.05 bits per heavy atom. The van der Waals surface area contributed by atoms with Gasteiger partial charge in [0.05, 0.1) is 6.42 Å². The number of rotatable bonds is 4. The van der Waals surface area contributed by atoms with Crippen molar-refractivity contribution in [2.75, 3.05) is 31.1 Å². The molecule has 4 amide bonds. The number of piperidine rings is 2. The number of imide groups is 1. The van der Waals surface area contributed by atoms with Crippen LogP contribution in [0.3, 0.4) is 0 Å². The van der Waals surface area contributed by atoms with Crippen LogP contribution in [-0.2, 0) is 27.3 Å². The highest BCUT2D eigenvalue weighted by atomic mass is 16.2. The van der Waals surface area contributed by atoms with E-state index < -0.39 is 6.04 Å². The number of aryl methyl sites for hydroxylation is 1. The summed E-state index contributed by atoms with van der Waals surface area (Å²) in [5.74, 6) is -0.591. The van der Waals surface area contributed by atoms with E-state index in [0.29, 0.717) is 24.9 Å². The monoisotopic (exact) mass is 500 g/mol. The highest BCUT2D eigenvalue weighted by Gasteiger charge is 2.46. The van der Waals surface area contributed by atoms with Crippen molar-refractivity contribution < 1.29 is 19.2 Å². The summed E-state index contributed by atoms with van der Waals surface area (Å²) >= 11 is 0. The number of nitrogens with one attached hydrogen (secondary N) is 1. The van der Waals surface area contributed by atoms with Gasteiger partial charge in [0.25, 0.3) is 5.91 Å². The van der Waals surface area contributed by atoms with Gasteiger partial charge in [-0.25, -0.2) is 0 Å². The van der Waals surface area contributed by atoms with Crippen LogP contribution in [0.2, 0.25) is 0 Å². The lowest BCUT2D eigenvalue weighted by Crippen LogP contribution is -2.61. The maximum atomic E-state index is 13.0. The molecule has 0 radical (unpaired) electrons. The molecule has 8 heteroatoms. The van der Waals surface area contributed by atoms with Crippen molar-refractivity contribution in [1.82, 2.24) is 15.1 Å². The SMILES string of the molecule is Cc1cccc(CC(=O)N2CCC3(CC2)CN(c2ccc4c(c2)CN(C2CCC(=O)NC2=O)C4=O)C3)c1. The maximum Gasteiger partial charge on any atom is 0.255 e. The van der Waals surface area contributed by atoms with E-state index in [1.807, 2.05) is 42.2 Å². The molecule has 1 N–H and O–H groups in total. The first-order valence-electron chi connectivity index (χ1n) is 13.2. The molecule has 8 nitrogen and oxygen atoms in total. The summed E-state index contributed by atoms with van der Waals surface area (Å²) in [6.45, 7) is 5.96. The van der Waals surface area contributed by atoms with E-state index in [4.69, 9.17) is 0 Å². The standard InChI is InChI=1S/C29H32N4O4/c1-19-3-2-4-20(13-19)14-26(35)31-11-9-29(10-12-31)17-32(18-29)22-5-6-23-21(15-22)16-33(28(23)37)24-7-8-25(34)30-27(24)36/h2-6,13,15,24H,7-12,14,16-18H2,1H3,(H,30,34,36). The molecule has 4 aliphatic heterocycles. The first kappa shape index (κ1) is 23.7. The van der Waals surface area contributed by atoms with Gasteiger partial charge in [-0.05, 0) is 55.5 Å². The van der Waals surface area contributed by atoms with Gasteiger partial charge in [0.1, 0.15) is 6.04 Å². The number of nitrogens with zero attached hydrogens (tertiary/aromatic N) is 3. The molecule has 3 saturated heterocycles. The molecular formula is C29H32N4O4. The molecule has 3 fully saturated rings. The van der Waals surface area contributed by atoms with Crippen LogP contribution in [0.4, 0.5) is 5.69 Å². The zero-order chi connectivity index (χ0) is 25.7. The van der Waals surface area contributed by atoms with E-state index in [1.54, 1.807) is 4.90 Å². The smallest absolute Gasteiger partial charge is 0.255 e. The Morgan fingerprint density at radius 3 is 2.57 bits per heavy atom. The summed E-state index contributed by atoms with van der Waals surface area (Å²) in [7, 11) is 0. The Morgan fingerprint density at radius 2 is 1.84 bits per heavy atom. The fourth-order valence-corrected chi connectivity index (χ4v) is 6.36. The zero-order valence-corrected chi connectivity index (χ0v) is 21.2. The van der Waals surface area contributed by atoms with Crippen LogP contribution >= 0.6 is 0 Å². The van der Waals surface area contributed by atoms with E-state index in [0.717, 1.165) is 55.8 Å². The fourth-order valence-electron chi connectivity index (χ4n) is 6.36. The van der Waals surface area contributed by atoms with Gasteiger partial charge in [-0.2, -0.15) is 0 Å². The Labute approximate surface area is 216 Å². The number of fused-ring (bicyclic) bond motifs is 1. The molecule has 6 rings (SSSR count). The average molecular weight is 501 g/mol. The number of likely N-dealkylation sites (tertiary alicyclic amines) is 1. The van der Waals surface area contributed by atoms with Gasteiger partial charge >= 0.3 is 0 Å². The van der Waals surface area contributed by atoms with Crippen molar-refractivity contribution in [3.05, 3.63) is 64.7 Å². The molecule has 0 aliphatic carbocycles. The Bertz CT molecular complexity index is 1290. The first-order chi connectivity index (χ1) is 17.8. The number of carbonyl (C=O) groups is 4. The van der Waals surface area contributed by atoms with Crippen LogP contribution in [0.1, 0.15) is 52.7 Å². The van der Waals surface area contributed by atoms with Crippen LogP contribution in [0, 0.1) is 12.3 Å². The molecule has 2 aromatic carbocycles. The number of hydrogen-bond donors (Lipinski definition) is 1. The topological polar surface area (TPSA) is 90.0 Å². The van der Waals surface area contributed by atoms with Crippen molar-refractivity contribution in [3.8, 4) is 0 Å². The summed E-state index contributed by atoms with van der Waals surface area (Å²) in [5, 5.41) is 2.35. The molecule has 0 saturated carbocycles. The summed E-state index contributed by atoms with van der Waals surface area (Å²) in [6, 6.07) is 13.5. The van der Waals surface area contributed by atoms with E-state index in [1.165, 1.54) is 5.56 Å². The Kier molecular flexibility index (Phi) is 5.77. The minimum atomic E-state index is -0.591. The van der Waals surface area contributed by atoms with Gasteiger partial charge in [0.15, 0.2) is 0 Å². The number of amides is 4. The molecule has 192 valence electrons. The number of hydrogen-bond acceptors (Lipinski definition) is 5. The quantitative estimate of drug-likeness (QED) is 0.652. The van der Waals surface area contributed by atoms with E-state index >= 15 is 0 Å². The Hall–Kier alpha value is -3.68. The number of benzene rings is 2. The van der Waals surface area contributed by atoms with Gasteiger partial charge in [0.2, 0.25) is 17.7 Å². The summed E-state index contributed by atoms with van der Waals surface area (Å²) in [5.41, 5.74) is 5.17. The molecule has 0 aromatic heterocycles. The maximum absolute atomic E-state index is 13.0.